The normalized spacial score (nSPS) is 22.3. The van der Waals surface area contributed by atoms with E-state index in [2.05, 4.69) is 17.1 Å². The molecule has 8 heteroatoms. The number of hydrogen-bond acceptors (Lipinski definition) is 5. The number of halogens is 1. The molecule has 6 nitrogen and oxygen atoms in total. The predicted octanol–water partition coefficient (Wildman–Crippen LogP) is 1.93. The van der Waals surface area contributed by atoms with Crippen molar-refractivity contribution < 1.29 is 17.6 Å². The van der Waals surface area contributed by atoms with E-state index in [4.69, 9.17) is 0 Å². The third-order valence-corrected chi connectivity index (χ3v) is 7.47. The summed E-state index contributed by atoms with van der Waals surface area (Å²) in [6.45, 7) is 10.8. The van der Waals surface area contributed by atoms with Crippen molar-refractivity contribution in [3.05, 3.63) is 23.5 Å². The number of fused-ring (bicyclic) bond motifs is 1. The summed E-state index contributed by atoms with van der Waals surface area (Å²) in [5, 5.41) is 3.35. The zero-order chi connectivity index (χ0) is 20.7. The van der Waals surface area contributed by atoms with Crippen molar-refractivity contribution in [3.63, 3.8) is 0 Å². The minimum Gasteiger partial charge on any atom is -0.312 e. The number of hydrogen-bond donors (Lipinski definition) is 1. The molecule has 2 aliphatic heterocycles. The highest BCUT2D eigenvalue weighted by Gasteiger charge is 2.40. The van der Waals surface area contributed by atoms with Crippen LogP contribution in [0.5, 0.6) is 0 Å². The Balaban J connectivity index is 1.93. The molecule has 0 radical (unpaired) electrons. The highest BCUT2D eigenvalue weighted by molar-refractivity contribution is 7.91. The Hall–Kier alpha value is -1.51. The summed E-state index contributed by atoms with van der Waals surface area (Å²) >= 11 is 0. The maximum atomic E-state index is 14.7. The Morgan fingerprint density at radius 1 is 1.36 bits per heavy atom. The molecule has 1 atom stereocenters. The zero-order valence-electron chi connectivity index (χ0n) is 17.1. The van der Waals surface area contributed by atoms with Gasteiger partial charge in [-0.25, -0.2) is 12.8 Å². The van der Waals surface area contributed by atoms with Gasteiger partial charge < -0.3 is 10.2 Å². The van der Waals surface area contributed by atoms with Crippen molar-refractivity contribution in [2.45, 2.75) is 50.5 Å². The van der Waals surface area contributed by atoms with Crippen molar-refractivity contribution >= 4 is 21.4 Å². The smallest absolute Gasteiger partial charge is 0.241 e. The fraction of sp³-hybridized carbons (Fsp3) is 0.650. The van der Waals surface area contributed by atoms with Gasteiger partial charge in [-0.3, -0.25) is 9.69 Å². The highest BCUT2D eigenvalue weighted by atomic mass is 32.2. The summed E-state index contributed by atoms with van der Waals surface area (Å²) < 4.78 is 39.6. The molecule has 28 heavy (non-hydrogen) atoms. The van der Waals surface area contributed by atoms with Crippen LogP contribution in [0, 0.1) is 5.82 Å². The topological polar surface area (TPSA) is 69.7 Å². The molecule has 1 fully saturated rings. The van der Waals surface area contributed by atoms with Crippen LogP contribution in [0.3, 0.4) is 0 Å². The van der Waals surface area contributed by atoms with Gasteiger partial charge in [-0.2, -0.15) is 0 Å². The van der Waals surface area contributed by atoms with E-state index >= 15 is 0 Å². The van der Waals surface area contributed by atoms with Crippen LogP contribution in [-0.2, 0) is 20.0 Å². The fourth-order valence-electron chi connectivity index (χ4n) is 4.15. The Labute approximate surface area is 167 Å². The van der Waals surface area contributed by atoms with Gasteiger partial charge in [0.15, 0.2) is 9.84 Å². The van der Waals surface area contributed by atoms with Crippen molar-refractivity contribution in [1.82, 2.24) is 10.2 Å². The van der Waals surface area contributed by atoms with Crippen molar-refractivity contribution in [2.24, 2.45) is 0 Å². The van der Waals surface area contributed by atoms with Gasteiger partial charge in [0, 0.05) is 43.3 Å². The molecular weight excluding hydrogens is 381 g/mol. The summed E-state index contributed by atoms with van der Waals surface area (Å²) in [5.41, 5.74) is 0.770. The van der Waals surface area contributed by atoms with E-state index in [0.29, 0.717) is 30.3 Å². The van der Waals surface area contributed by atoms with Crippen LogP contribution >= 0.6 is 0 Å². The molecule has 0 aromatic heterocycles. The number of anilines is 1. The van der Waals surface area contributed by atoms with Crippen LogP contribution in [-0.4, -0.2) is 63.7 Å². The lowest BCUT2D eigenvalue weighted by Gasteiger charge is -2.32. The third-order valence-electron chi connectivity index (χ3n) is 5.54. The Bertz CT molecular complexity index is 870. The standard InChI is InChI=1S/C20H30FN3O3S/c1-5-8-28(26,27)18-10-17-15(9-16(18)21)20(3,4)13-24(17)19(25)12-23-7-6-22-14(2)11-23/h9-10,14,22H,5-8,11-13H2,1-4H3/t14-/m1/s1. The van der Waals surface area contributed by atoms with E-state index in [1.807, 2.05) is 13.8 Å². The van der Waals surface area contributed by atoms with Gasteiger partial charge in [0.25, 0.3) is 0 Å². The molecular formula is C20H30FN3O3S. The number of carbonyl (C=O) groups excluding carboxylic acids is 1. The molecule has 156 valence electrons. The number of carbonyl (C=O) groups is 1. The highest BCUT2D eigenvalue weighted by Crippen LogP contribution is 2.42. The minimum absolute atomic E-state index is 0.0774. The molecule has 1 aromatic carbocycles. The second-order valence-corrected chi connectivity index (χ2v) is 10.7. The van der Waals surface area contributed by atoms with Crippen LogP contribution < -0.4 is 10.2 Å². The number of sulfone groups is 1. The average Bonchev–Trinajstić information content (AvgIpc) is 2.85. The van der Waals surface area contributed by atoms with E-state index in [-0.39, 0.29) is 23.1 Å². The SMILES string of the molecule is CCCS(=O)(=O)c1cc2c(cc1F)C(C)(C)CN2C(=O)CN1CCN[C@H](C)C1. The van der Waals surface area contributed by atoms with Crippen LogP contribution in [0.15, 0.2) is 17.0 Å². The van der Waals surface area contributed by atoms with Crippen LogP contribution in [0.2, 0.25) is 0 Å². The van der Waals surface area contributed by atoms with Gasteiger partial charge in [-0.05, 0) is 31.0 Å². The molecule has 0 spiro atoms. The zero-order valence-corrected chi connectivity index (χ0v) is 17.9. The molecule has 2 heterocycles. The first kappa shape index (κ1) is 21.2. The molecule has 0 unspecified atom stereocenters. The van der Waals surface area contributed by atoms with Gasteiger partial charge in [0.2, 0.25) is 5.91 Å². The fourth-order valence-corrected chi connectivity index (χ4v) is 5.55. The summed E-state index contributed by atoms with van der Waals surface area (Å²) in [6.07, 6.45) is 0.411. The number of nitrogens with zero attached hydrogens (tertiary/aromatic N) is 2. The van der Waals surface area contributed by atoms with Gasteiger partial charge in [-0.1, -0.05) is 20.8 Å². The molecule has 3 rings (SSSR count). The van der Waals surface area contributed by atoms with Gasteiger partial charge in [-0.15, -0.1) is 0 Å². The summed E-state index contributed by atoms with van der Waals surface area (Å²) in [7, 11) is -3.72. The summed E-state index contributed by atoms with van der Waals surface area (Å²) in [5.74, 6) is -0.921. The molecule has 1 amide bonds. The van der Waals surface area contributed by atoms with Crippen molar-refractivity contribution in [2.75, 3.05) is 43.4 Å². The van der Waals surface area contributed by atoms with Crippen LogP contribution in [0.25, 0.3) is 0 Å². The van der Waals surface area contributed by atoms with E-state index < -0.39 is 21.1 Å². The number of benzene rings is 1. The Kier molecular flexibility index (Phi) is 5.85. The largest absolute Gasteiger partial charge is 0.312 e. The second kappa shape index (κ2) is 7.72. The van der Waals surface area contributed by atoms with Crippen LogP contribution in [0.4, 0.5) is 10.1 Å². The summed E-state index contributed by atoms with van der Waals surface area (Å²) in [4.78, 5) is 16.5. The predicted molar refractivity (Wildman–Crippen MR) is 108 cm³/mol. The molecule has 1 N–H and O–H groups in total. The van der Waals surface area contributed by atoms with Crippen molar-refractivity contribution in [3.8, 4) is 0 Å². The molecule has 2 aliphatic rings. The molecule has 0 bridgehead atoms. The number of rotatable bonds is 5. The van der Waals surface area contributed by atoms with E-state index in [0.717, 1.165) is 19.6 Å². The first-order valence-corrected chi connectivity index (χ1v) is 11.5. The maximum absolute atomic E-state index is 14.7. The Morgan fingerprint density at radius 3 is 2.71 bits per heavy atom. The van der Waals surface area contributed by atoms with E-state index in [1.165, 1.54) is 12.1 Å². The number of piperazine rings is 1. The molecule has 1 aromatic rings. The molecule has 0 aliphatic carbocycles. The first-order valence-electron chi connectivity index (χ1n) is 9.88. The second-order valence-electron chi connectivity index (χ2n) is 8.57. The van der Waals surface area contributed by atoms with E-state index in [9.17, 15) is 17.6 Å². The van der Waals surface area contributed by atoms with Gasteiger partial charge >= 0.3 is 0 Å². The Morgan fingerprint density at radius 2 is 2.07 bits per heavy atom. The molecule has 1 saturated heterocycles. The number of amides is 1. The maximum Gasteiger partial charge on any atom is 0.241 e. The first-order chi connectivity index (χ1) is 13.0. The minimum atomic E-state index is -3.72. The third kappa shape index (κ3) is 4.09. The lowest BCUT2D eigenvalue weighted by molar-refractivity contribution is -0.120. The van der Waals surface area contributed by atoms with Gasteiger partial charge in [0.05, 0.1) is 12.3 Å². The van der Waals surface area contributed by atoms with Crippen LogP contribution in [0.1, 0.15) is 39.7 Å². The average molecular weight is 412 g/mol. The lowest BCUT2D eigenvalue weighted by atomic mass is 9.87. The quantitative estimate of drug-likeness (QED) is 0.802. The monoisotopic (exact) mass is 411 g/mol. The van der Waals surface area contributed by atoms with Gasteiger partial charge in [0.1, 0.15) is 10.7 Å². The summed E-state index contributed by atoms with van der Waals surface area (Å²) in [6, 6.07) is 2.99. The molecule has 0 saturated carbocycles. The number of nitrogens with one attached hydrogen (secondary N) is 1. The van der Waals surface area contributed by atoms with E-state index in [1.54, 1.807) is 11.8 Å². The van der Waals surface area contributed by atoms with Crippen molar-refractivity contribution in [1.29, 1.82) is 0 Å². The lowest BCUT2D eigenvalue weighted by Crippen LogP contribution is -2.52.